The van der Waals surface area contributed by atoms with Gasteiger partial charge in [0, 0.05) is 5.69 Å². The van der Waals surface area contributed by atoms with Gasteiger partial charge in [-0.2, -0.15) is 0 Å². The smallest absolute Gasteiger partial charge is 0.0309 e. The summed E-state index contributed by atoms with van der Waals surface area (Å²) < 4.78 is 0. The molecule has 0 aliphatic heterocycles. The molecule has 1 N–H and O–H groups in total. The van der Waals surface area contributed by atoms with Crippen LogP contribution in [0.1, 0.15) is 32.8 Å². The van der Waals surface area contributed by atoms with Crippen LogP contribution >= 0.6 is 0 Å². The maximum absolute atomic E-state index is 10.8. The molecule has 82 valence electrons. The lowest BCUT2D eigenvalue weighted by Crippen LogP contribution is -1.98. The number of para-hydroxylation sites is 1. The Hall–Kier alpha value is -1.28. The van der Waals surface area contributed by atoms with Crippen molar-refractivity contribution in [2.45, 2.75) is 27.2 Å². The molecule has 2 heteroatoms. The molecule has 0 bridgehead atoms. The molecule has 2 nitrogen and oxygen atoms in total. The monoisotopic (exact) mass is 204 g/mol. The van der Waals surface area contributed by atoms with Crippen molar-refractivity contribution in [3.8, 4) is 0 Å². The van der Waals surface area contributed by atoms with Gasteiger partial charge in [0.05, 0.1) is 0 Å². The second kappa shape index (κ2) is 5.56. The first kappa shape index (κ1) is 11.8. The third-order valence-electron chi connectivity index (χ3n) is 2.39. The Morgan fingerprint density at radius 1 is 1.40 bits per heavy atom. The maximum Gasteiger partial charge on any atom is 0.0309 e. The summed E-state index contributed by atoms with van der Waals surface area (Å²) >= 11 is 0. The first-order chi connectivity index (χ1) is 7.20. The lowest BCUT2D eigenvalue weighted by Gasteiger charge is -2.19. The van der Waals surface area contributed by atoms with E-state index in [1.165, 1.54) is 5.57 Å². The van der Waals surface area contributed by atoms with Crippen LogP contribution in [0.5, 0.6) is 0 Å². The number of hydrogen-bond donors (Lipinski definition) is 1. The third-order valence-corrected chi connectivity index (χ3v) is 2.39. The molecule has 0 aliphatic rings. The molecular formula is C13H18NO-. The van der Waals surface area contributed by atoms with E-state index in [2.05, 4.69) is 26.8 Å². The van der Waals surface area contributed by atoms with E-state index in [0.29, 0.717) is 11.6 Å². The quantitative estimate of drug-likeness (QED) is 0.751. The standard InChI is InChI=1S/C13H18NO/c1-4-7-11(10(2)3)12-8-5-6-9-13(12)14-15/h5-10,14H,4H2,1-3H3/q-1/b11-7-. The van der Waals surface area contributed by atoms with E-state index in [-0.39, 0.29) is 0 Å². The molecule has 0 saturated heterocycles. The number of hydrogen-bond acceptors (Lipinski definition) is 2. The second-order valence-corrected chi connectivity index (χ2v) is 3.87. The zero-order valence-corrected chi connectivity index (χ0v) is 9.58. The first-order valence-corrected chi connectivity index (χ1v) is 5.38. The topological polar surface area (TPSA) is 35.1 Å². The minimum atomic E-state index is 0.430. The van der Waals surface area contributed by atoms with Crippen molar-refractivity contribution in [2.24, 2.45) is 5.92 Å². The molecule has 15 heavy (non-hydrogen) atoms. The number of anilines is 1. The Labute approximate surface area is 91.6 Å². The van der Waals surface area contributed by atoms with Crippen LogP contribution in [0, 0.1) is 11.1 Å². The van der Waals surface area contributed by atoms with Gasteiger partial charge in [-0.1, -0.05) is 45.0 Å². The fourth-order valence-corrected chi connectivity index (χ4v) is 1.70. The highest BCUT2D eigenvalue weighted by Gasteiger charge is 2.08. The molecular weight excluding hydrogens is 186 g/mol. The van der Waals surface area contributed by atoms with Gasteiger partial charge in [-0.05, 0) is 29.5 Å². The van der Waals surface area contributed by atoms with Crippen LogP contribution in [0.25, 0.3) is 5.57 Å². The van der Waals surface area contributed by atoms with E-state index in [1.54, 1.807) is 0 Å². The zero-order valence-electron chi connectivity index (χ0n) is 9.58. The normalized spacial score (nSPS) is 11.9. The van der Waals surface area contributed by atoms with Gasteiger partial charge in [0.1, 0.15) is 0 Å². The maximum atomic E-state index is 10.8. The molecule has 0 radical (unpaired) electrons. The Kier molecular flexibility index (Phi) is 4.37. The molecule has 1 rings (SSSR count). The minimum Gasteiger partial charge on any atom is -0.761 e. The fourth-order valence-electron chi connectivity index (χ4n) is 1.70. The van der Waals surface area contributed by atoms with Crippen molar-refractivity contribution in [2.75, 3.05) is 5.48 Å². The molecule has 0 aromatic heterocycles. The number of allylic oxidation sites excluding steroid dienone is 2. The summed E-state index contributed by atoms with van der Waals surface area (Å²) in [6.07, 6.45) is 3.17. The summed E-state index contributed by atoms with van der Waals surface area (Å²) in [6.45, 7) is 6.39. The highest BCUT2D eigenvalue weighted by molar-refractivity contribution is 5.77. The molecule has 0 fully saturated rings. The van der Waals surface area contributed by atoms with Gasteiger partial charge < -0.3 is 10.7 Å². The highest BCUT2D eigenvalue weighted by atomic mass is 16.5. The van der Waals surface area contributed by atoms with Gasteiger partial charge in [-0.3, -0.25) is 0 Å². The van der Waals surface area contributed by atoms with Gasteiger partial charge in [0.15, 0.2) is 0 Å². The van der Waals surface area contributed by atoms with Crippen LogP contribution in [0.2, 0.25) is 0 Å². The summed E-state index contributed by atoms with van der Waals surface area (Å²) in [5.41, 5.74) is 4.91. The predicted molar refractivity (Wildman–Crippen MR) is 66.5 cm³/mol. The Balaban J connectivity index is 3.16. The first-order valence-electron chi connectivity index (χ1n) is 5.38. The van der Waals surface area contributed by atoms with Crippen LogP contribution in [0.3, 0.4) is 0 Å². The van der Waals surface area contributed by atoms with Gasteiger partial charge >= 0.3 is 0 Å². The van der Waals surface area contributed by atoms with Crippen molar-refractivity contribution >= 4 is 11.3 Å². The molecule has 0 heterocycles. The van der Waals surface area contributed by atoms with E-state index in [9.17, 15) is 5.21 Å². The molecule has 1 aromatic carbocycles. The van der Waals surface area contributed by atoms with Gasteiger partial charge in [-0.15, -0.1) is 0 Å². The van der Waals surface area contributed by atoms with Gasteiger partial charge in [0.2, 0.25) is 0 Å². The fraction of sp³-hybridized carbons (Fsp3) is 0.385. The van der Waals surface area contributed by atoms with E-state index in [1.807, 2.05) is 29.7 Å². The summed E-state index contributed by atoms with van der Waals surface area (Å²) in [6, 6.07) is 7.63. The van der Waals surface area contributed by atoms with Crippen LogP contribution in [-0.4, -0.2) is 0 Å². The van der Waals surface area contributed by atoms with E-state index >= 15 is 0 Å². The molecule has 0 saturated carbocycles. The molecule has 0 spiro atoms. The van der Waals surface area contributed by atoms with Crippen molar-refractivity contribution in [1.82, 2.24) is 0 Å². The average molecular weight is 204 g/mol. The Morgan fingerprint density at radius 3 is 2.60 bits per heavy atom. The molecule has 0 aliphatic carbocycles. The van der Waals surface area contributed by atoms with E-state index in [0.717, 1.165) is 12.0 Å². The lowest BCUT2D eigenvalue weighted by atomic mass is 9.93. The van der Waals surface area contributed by atoms with Gasteiger partial charge in [0.25, 0.3) is 0 Å². The lowest BCUT2D eigenvalue weighted by molar-refractivity contribution is 0.851. The number of nitrogens with one attached hydrogen (secondary N) is 1. The summed E-state index contributed by atoms with van der Waals surface area (Å²) in [4.78, 5) is 0. The van der Waals surface area contributed by atoms with Crippen LogP contribution in [-0.2, 0) is 0 Å². The van der Waals surface area contributed by atoms with Crippen LogP contribution in [0.15, 0.2) is 30.3 Å². The zero-order chi connectivity index (χ0) is 11.3. The molecule has 0 unspecified atom stereocenters. The summed E-state index contributed by atoms with van der Waals surface area (Å²) in [5, 5.41) is 10.8. The largest absolute Gasteiger partial charge is 0.761 e. The van der Waals surface area contributed by atoms with Gasteiger partial charge in [-0.25, -0.2) is 0 Å². The second-order valence-electron chi connectivity index (χ2n) is 3.87. The highest BCUT2D eigenvalue weighted by Crippen LogP contribution is 2.29. The number of rotatable bonds is 4. The average Bonchev–Trinajstić information content (AvgIpc) is 2.25. The van der Waals surface area contributed by atoms with Crippen molar-refractivity contribution in [1.29, 1.82) is 0 Å². The number of benzene rings is 1. The minimum absolute atomic E-state index is 0.430. The SMILES string of the molecule is CC/C=C(\c1ccccc1N[O-])C(C)C. The van der Waals surface area contributed by atoms with E-state index in [4.69, 9.17) is 0 Å². The summed E-state index contributed by atoms with van der Waals surface area (Å²) in [5.74, 6) is 0.430. The van der Waals surface area contributed by atoms with Crippen molar-refractivity contribution < 1.29 is 0 Å². The van der Waals surface area contributed by atoms with Crippen LogP contribution in [0.4, 0.5) is 5.69 Å². The van der Waals surface area contributed by atoms with E-state index < -0.39 is 0 Å². The molecule has 1 aromatic rings. The van der Waals surface area contributed by atoms with Crippen LogP contribution < -0.4 is 5.48 Å². The predicted octanol–water partition coefficient (Wildman–Crippen LogP) is 4.05. The third kappa shape index (κ3) is 2.83. The summed E-state index contributed by atoms with van der Waals surface area (Å²) in [7, 11) is 0. The Morgan fingerprint density at radius 2 is 2.07 bits per heavy atom. The molecule has 0 atom stereocenters. The Bertz CT molecular complexity index is 342. The van der Waals surface area contributed by atoms with Crippen molar-refractivity contribution in [3.63, 3.8) is 0 Å². The van der Waals surface area contributed by atoms with Crippen molar-refractivity contribution in [3.05, 3.63) is 41.1 Å². The molecule has 0 amide bonds.